The fourth-order valence-corrected chi connectivity index (χ4v) is 5.95. The molecular weight excluding hydrogens is 543 g/mol. The van der Waals surface area contributed by atoms with Crippen LogP contribution in [0.4, 0.5) is 9.18 Å². The maximum absolute atomic E-state index is 13.3. The van der Waals surface area contributed by atoms with Gasteiger partial charge in [0.2, 0.25) is 0 Å². The standard InChI is InChI=1S/C32H36ClFN4O3/c1-21-17-37(22(2)16-36(21)18-23-8-11-27(34)12-9-23)31(39)20-41-30-13-10-26(33)14-25(30)19-38(32(35)40)29-15-28(29)24-6-4-3-5-7-24/h3-14,21-22,28-29H,15-20H2,1-2H3,(H2,35,40). The minimum absolute atomic E-state index is 0.00286. The van der Waals surface area contributed by atoms with Crippen LogP contribution in [-0.2, 0) is 17.9 Å². The third kappa shape index (κ3) is 7.00. The number of ether oxygens (including phenoxy) is 1. The molecule has 2 aliphatic rings. The molecule has 1 saturated heterocycles. The lowest BCUT2D eigenvalue weighted by Crippen LogP contribution is -2.58. The van der Waals surface area contributed by atoms with Gasteiger partial charge < -0.3 is 20.3 Å². The van der Waals surface area contributed by atoms with Crippen LogP contribution in [-0.4, -0.2) is 64.5 Å². The van der Waals surface area contributed by atoms with Crippen molar-refractivity contribution in [1.82, 2.24) is 14.7 Å². The molecule has 3 amide bonds. The average molecular weight is 579 g/mol. The van der Waals surface area contributed by atoms with Crippen molar-refractivity contribution in [2.24, 2.45) is 5.73 Å². The average Bonchev–Trinajstić information content (AvgIpc) is 3.75. The molecule has 0 spiro atoms. The fourth-order valence-electron chi connectivity index (χ4n) is 5.75. The van der Waals surface area contributed by atoms with Crippen LogP contribution in [0.15, 0.2) is 72.8 Å². The molecule has 41 heavy (non-hydrogen) atoms. The molecule has 1 heterocycles. The second-order valence-corrected chi connectivity index (χ2v) is 11.6. The topological polar surface area (TPSA) is 79.1 Å². The summed E-state index contributed by atoms with van der Waals surface area (Å²) in [5.41, 5.74) is 8.72. The highest BCUT2D eigenvalue weighted by molar-refractivity contribution is 6.30. The van der Waals surface area contributed by atoms with E-state index in [1.807, 2.05) is 30.0 Å². The van der Waals surface area contributed by atoms with Crippen molar-refractivity contribution < 1.29 is 18.7 Å². The van der Waals surface area contributed by atoms with Gasteiger partial charge in [0.25, 0.3) is 5.91 Å². The van der Waals surface area contributed by atoms with Crippen molar-refractivity contribution in [1.29, 1.82) is 0 Å². The van der Waals surface area contributed by atoms with E-state index in [2.05, 4.69) is 24.0 Å². The predicted molar refractivity (Wildman–Crippen MR) is 157 cm³/mol. The number of hydrogen-bond acceptors (Lipinski definition) is 4. The smallest absolute Gasteiger partial charge is 0.315 e. The number of piperazine rings is 1. The molecule has 1 aliphatic heterocycles. The normalized spacial score (nSPS) is 22.3. The third-order valence-electron chi connectivity index (χ3n) is 8.12. The van der Waals surface area contributed by atoms with E-state index in [0.29, 0.717) is 36.0 Å². The Balaban J connectivity index is 1.21. The van der Waals surface area contributed by atoms with Crippen molar-refractivity contribution in [2.75, 3.05) is 19.7 Å². The summed E-state index contributed by atoms with van der Waals surface area (Å²) in [7, 11) is 0. The first kappa shape index (κ1) is 28.9. The molecule has 1 aliphatic carbocycles. The van der Waals surface area contributed by atoms with Crippen molar-refractivity contribution in [2.45, 2.75) is 57.4 Å². The molecule has 7 nitrogen and oxygen atoms in total. The van der Waals surface area contributed by atoms with Gasteiger partial charge in [0.05, 0.1) is 6.54 Å². The molecule has 9 heteroatoms. The maximum Gasteiger partial charge on any atom is 0.315 e. The number of nitrogens with two attached hydrogens (primary N) is 1. The molecule has 216 valence electrons. The number of primary amides is 1. The first-order valence-electron chi connectivity index (χ1n) is 14.0. The Bertz CT molecular complexity index is 1370. The number of rotatable bonds is 9. The van der Waals surface area contributed by atoms with Gasteiger partial charge in [-0.2, -0.15) is 0 Å². The highest BCUT2D eigenvalue weighted by atomic mass is 35.5. The number of urea groups is 1. The van der Waals surface area contributed by atoms with Gasteiger partial charge >= 0.3 is 6.03 Å². The van der Waals surface area contributed by atoms with Crippen LogP contribution >= 0.6 is 11.6 Å². The Morgan fingerprint density at radius 1 is 1.02 bits per heavy atom. The molecule has 0 aromatic heterocycles. The first-order valence-corrected chi connectivity index (χ1v) is 14.4. The lowest BCUT2D eigenvalue weighted by atomic mass is 10.1. The number of benzene rings is 3. The van der Waals surface area contributed by atoms with Gasteiger partial charge in [-0.15, -0.1) is 0 Å². The molecule has 5 rings (SSSR count). The van der Waals surface area contributed by atoms with Crippen LogP contribution in [0.1, 0.15) is 42.9 Å². The first-order chi connectivity index (χ1) is 19.7. The Morgan fingerprint density at radius 3 is 2.46 bits per heavy atom. The second kappa shape index (κ2) is 12.5. The summed E-state index contributed by atoms with van der Waals surface area (Å²) < 4.78 is 19.3. The van der Waals surface area contributed by atoms with Gasteiger partial charge in [0.1, 0.15) is 11.6 Å². The van der Waals surface area contributed by atoms with Crippen molar-refractivity contribution in [3.63, 3.8) is 0 Å². The molecule has 4 unspecified atom stereocenters. The van der Waals surface area contributed by atoms with E-state index < -0.39 is 6.03 Å². The van der Waals surface area contributed by atoms with Crippen molar-refractivity contribution in [3.8, 4) is 5.75 Å². The van der Waals surface area contributed by atoms with Crippen LogP contribution in [0.25, 0.3) is 0 Å². The lowest BCUT2D eigenvalue weighted by molar-refractivity contribution is -0.139. The van der Waals surface area contributed by atoms with Crippen molar-refractivity contribution in [3.05, 3.63) is 100 Å². The molecule has 1 saturated carbocycles. The van der Waals surface area contributed by atoms with E-state index >= 15 is 0 Å². The molecule has 3 aromatic carbocycles. The highest BCUT2D eigenvalue weighted by Crippen LogP contribution is 2.45. The van der Waals surface area contributed by atoms with Crippen LogP contribution in [0, 0.1) is 5.82 Å². The van der Waals surface area contributed by atoms with Gasteiger partial charge in [-0.25, -0.2) is 9.18 Å². The molecular formula is C32H36ClFN4O3. The van der Waals surface area contributed by atoms with Crippen LogP contribution in [0.5, 0.6) is 5.75 Å². The van der Waals surface area contributed by atoms with E-state index in [4.69, 9.17) is 22.1 Å². The second-order valence-electron chi connectivity index (χ2n) is 11.1. The molecule has 2 fully saturated rings. The summed E-state index contributed by atoms with van der Waals surface area (Å²) in [6, 6.07) is 21.4. The van der Waals surface area contributed by atoms with Crippen molar-refractivity contribution >= 4 is 23.5 Å². The summed E-state index contributed by atoms with van der Waals surface area (Å²) in [6.45, 7) is 6.19. The van der Waals surface area contributed by atoms with Crippen LogP contribution < -0.4 is 10.5 Å². The molecule has 2 N–H and O–H groups in total. The molecule has 0 bridgehead atoms. The van der Waals surface area contributed by atoms with E-state index in [9.17, 15) is 14.0 Å². The van der Waals surface area contributed by atoms with Crippen LogP contribution in [0.2, 0.25) is 5.02 Å². The molecule has 4 atom stereocenters. The number of hydrogen-bond donors (Lipinski definition) is 1. The van der Waals surface area contributed by atoms with E-state index in [1.165, 1.54) is 17.7 Å². The van der Waals surface area contributed by atoms with Gasteiger partial charge in [0, 0.05) is 54.3 Å². The monoisotopic (exact) mass is 578 g/mol. The fraction of sp³-hybridized carbons (Fsp3) is 0.375. The molecule has 0 radical (unpaired) electrons. The zero-order valence-corrected chi connectivity index (χ0v) is 24.1. The predicted octanol–water partition coefficient (Wildman–Crippen LogP) is 5.42. The van der Waals surface area contributed by atoms with Gasteiger partial charge in [0.15, 0.2) is 6.61 Å². The summed E-state index contributed by atoms with van der Waals surface area (Å²) in [4.78, 5) is 31.5. The Labute approximate surface area is 245 Å². The van der Waals surface area contributed by atoms with E-state index in [1.54, 1.807) is 35.2 Å². The summed E-state index contributed by atoms with van der Waals surface area (Å²) in [5.74, 6) is 0.381. The minimum Gasteiger partial charge on any atom is -0.483 e. The van der Waals surface area contributed by atoms with Gasteiger partial charge in [-0.05, 0) is 61.7 Å². The lowest BCUT2D eigenvalue weighted by Gasteiger charge is -2.44. The third-order valence-corrected chi connectivity index (χ3v) is 8.35. The SMILES string of the molecule is CC1CN(C(=O)COc2ccc(Cl)cc2CN(C(N)=O)C2CC2c2ccccc2)C(C)CN1Cc1ccc(F)cc1. The van der Waals surface area contributed by atoms with E-state index in [-0.39, 0.29) is 48.9 Å². The van der Waals surface area contributed by atoms with Gasteiger partial charge in [-0.1, -0.05) is 54.1 Å². The largest absolute Gasteiger partial charge is 0.483 e. The zero-order valence-electron chi connectivity index (χ0n) is 23.4. The number of nitrogens with zero attached hydrogens (tertiary/aromatic N) is 3. The number of carbonyl (C=O) groups excluding carboxylic acids is 2. The number of amides is 3. The summed E-state index contributed by atoms with van der Waals surface area (Å²) in [6.07, 6.45) is 0.839. The summed E-state index contributed by atoms with van der Waals surface area (Å²) >= 11 is 6.31. The minimum atomic E-state index is -0.503. The Morgan fingerprint density at radius 2 is 1.76 bits per heavy atom. The maximum atomic E-state index is 13.3. The molecule has 3 aromatic rings. The van der Waals surface area contributed by atoms with Crippen LogP contribution in [0.3, 0.4) is 0 Å². The Hall–Kier alpha value is -3.62. The zero-order chi connectivity index (χ0) is 29.1. The summed E-state index contributed by atoms with van der Waals surface area (Å²) in [5, 5.41) is 0.512. The van der Waals surface area contributed by atoms with E-state index in [0.717, 1.165) is 12.0 Å². The number of halogens is 2. The Kier molecular flexibility index (Phi) is 8.80. The van der Waals surface area contributed by atoms with Gasteiger partial charge in [-0.3, -0.25) is 9.69 Å². The quantitative estimate of drug-likeness (QED) is 0.368. The highest BCUT2D eigenvalue weighted by Gasteiger charge is 2.44. The number of carbonyl (C=O) groups is 2.